The highest BCUT2D eigenvalue weighted by Gasteiger charge is 2.10. The van der Waals surface area contributed by atoms with E-state index in [0.29, 0.717) is 12.5 Å². The number of rotatable bonds is 6. The number of hydrogen-bond acceptors (Lipinski definition) is 3. The van der Waals surface area contributed by atoms with E-state index in [0.717, 1.165) is 29.6 Å². The highest BCUT2D eigenvalue weighted by Crippen LogP contribution is 2.18. The van der Waals surface area contributed by atoms with E-state index in [1.165, 1.54) is 10.4 Å². The number of aryl methyl sites for hydroxylation is 2. The molecule has 1 aromatic carbocycles. The van der Waals surface area contributed by atoms with Crippen LogP contribution in [0.15, 0.2) is 35.3 Å². The highest BCUT2D eigenvalue weighted by molar-refractivity contribution is 14.0. The number of halogens is 1. The lowest BCUT2D eigenvalue weighted by Crippen LogP contribution is -2.38. The van der Waals surface area contributed by atoms with E-state index in [1.807, 2.05) is 6.92 Å². The molecule has 0 saturated carbocycles. The van der Waals surface area contributed by atoms with Crippen LogP contribution in [-0.2, 0) is 6.54 Å². The number of nitrogens with one attached hydrogen (secondary N) is 2. The van der Waals surface area contributed by atoms with Gasteiger partial charge in [0, 0.05) is 24.4 Å². The second-order valence-electron chi connectivity index (χ2n) is 5.57. The Balaban J connectivity index is 0.00000288. The summed E-state index contributed by atoms with van der Waals surface area (Å²) in [5.41, 5.74) is 2.48. The predicted octanol–water partition coefficient (Wildman–Crippen LogP) is 4.24. The van der Waals surface area contributed by atoms with Gasteiger partial charge >= 0.3 is 0 Å². The van der Waals surface area contributed by atoms with Crippen molar-refractivity contribution in [1.29, 1.82) is 0 Å². The molecule has 0 aliphatic carbocycles. The largest absolute Gasteiger partial charge is 0.356 e. The molecule has 24 heavy (non-hydrogen) atoms. The molecule has 2 N–H and O–H groups in total. The molecular formula is C18H27IN4S. The van der Waals surface area contributed by atoms with Crippen LogP contribution in [0.5, 0.6) is 0 Å². The number of benzene rings is 1. The number of hydrogen-bond donors (Lipinski definition) is 2. The summed E-state index contributed by atoms with van der Waals surface area (Å²) in [6.45, 7) is 7.96. The van der Waals surface area contributed by atoms with Gasteiger partial charge in [-0.05, 0) is 25.8 Å². The van der Waals surface area contributed by atoms with Crippen molar-refractivity contribution in [2.45, 2.75) is 39.7 Å². The number of thiazole rings is 1. The Kier molecular flexibility index (Phi) is 9.28. The van der Waals surface area contributed by atoms with Crippen molar-refractivity contribution in [3.8, 4) is 0 Å². The fourth-order valence-corrected chi connectivity index (χ4v) is 3.31. The van der Waals surface area contributed by atoms with Crippen LogP contribution in [0.25, 0.3) is 0 Å². The van der Waals surface area contributed by atoms with Crippen LogP contribution in [0.2, 0.25) is 0 Å². The summed E-state index contributed by atoms with van der Waals surface area (Å²) in [6, 6.07) is 10.6. The lowest BCUT2D eigenvalue weighted by Gasteiger charge is -2.18. The quantitative estimate of drug-likeness (QED) is 0.387. The van der Waals surface area contributed by atoms with Gasteiger partial charge in [-0.2, -0.15) is 0 Å². The molecule has 1 heterocycles. The molecule has 0 aliphatic heterocycles. The van der Waals surface area contributed by atoms with Gasteiger partial charge in [0.1, 0.15) is 5.01 Å². The van der Waals surface area contributed by atoms with Gasteiger partial charge in [-0.3, -0.25) is 4.99 Å². The van der Waals surface area contributed by atoms with Crippen molar-refractivity contribution in [2.24, 2.45) is 4.99 Å². The van der Waals surface area contributed by atoms with Crippen LogP contribution < -0.4 is 10.6 Å². The minimum absolute atomic E-state index is 0. The summed E-state index contributed by atoms with van der Waals surface area (Å²) in [7, 11) is 1.80. The number of aromatic nitrogens is 1. The van der Waals surface area contributed by atoms with Crippen LogP contribution in [0, 0.1) is 13.8 Å². The monoisotopic (exact) mass is 458 g/mol. The van der Waals surface area contributed by atoms with E-state index in [2.05, 4.69) is 64.8 Å². The molecule has 1 aromatic heterocycles. The molecule has 0 amide bonds. The third-order valence-electron chi connectivity index (χ3n) is 3.98. The van der Waals surface area contributed by atoms with Gasteiger partial charge in [-0.25, -0.2) is 4.98 Å². The van der Waals surface area contributed by atoms with Crippen LogP contribution in [0.4, 0.5) is 0 Å². The maximum atomic E-state index is 4.55. The zero-order chi connectivity index (χ0) is 16.7. The molecule has 1 atom stereocenters. The Bertz CT molecular complexity index is 620. The van der Waals surface area contributed by atoms with E-state index < -0.39 is 0 Å². The lowest BCUT2D eigenvalue weighted by atomic mass is 9.97. The van der Waals surface area contributed by atoms with E-state index in [1.54, 1.807) is 18.4 Å². The molecular weight excluding hydrogens is 431 g/mol. The fraction of sp³-hybridized carbons (Fsp3) is 0.444. The Labute approximate surface area is 166 Å². The molecule has 0 aliphatic rings. The summed E-state index contributed by atoms with van der Waals surface area (Å²) in [5, 5.41) is 7.87. The average Bonchev–Trinajstić information content (AvgIpc) is 2.90. The minimum Gasteiger partial charge on any atom is -0.356 e. The molecule has 0 radical (unpaired) electrons. The Morgan fingerprint density at radius 3 is 2.46 bits per heavy atom. The first-order valence-corrected chi connectivity index (χ1v) is 8.88. The average molecular weight is 458 g/mol. The molecule has 0 bridgehead atoms. The molecule has 1 unspecified atom stereocenters. The van der Waals surface area contributed by atoms with E-state index in [-0.39, 0.29) is 24.0 Å². The molecule has 2 rings (SSSR count). The predicted molar refractivity (Wildman–Crippen MR) is 115 cm³/mol. The third-order valence-corrected chi connectivity index (χ3v) is 5.06. The van der Waals surface area contributed by atoms with Gasteiger partial charge < -0.3 is 10.6 Å². The Morgan fingerprint density at radius 1 is 1.21 bits per heavy atom. The fourth-order valence-electron chi connectivity index (χ4n) is 2.44. The second kappa shape index (κ2) is 10.7. The van der Waals surface area contributed by atoms with E-state index >= 15 is 0 Å². The van der Waals surface area contributed by atoms with E-state index in [9.17, 15) is 0 Å². The Morgan fingerprint density at radius 2 is 1.92 bits per heavy atom. The van der Waals surface area contributed by atoms with Gasteiger partial charge in [0.2, 0.25) is 0 Å². The van der Waals surface area contributed by atoms with Gasteiger partial charge in [0.25, 0.3) is 0 Å². The van der Waals surface area contributed by atoms with Crippen molar-refractivity contribution >= 4 is 41.3 Å². The second-order valence-corrected chi connectivity index (χ2v) is 6.86. The maximum Gasteiger partial charge on any atom is 0.191 e. The Hall–Kier alpha value is -1.15. The topological polar surface area (TPSA) is 49.3 Å². The van der Waals surface area contributed by atoms with Gasteiger partial charge in [-0.15, -0.1) is 35.3 Å². The third kappa shape index (κ3) is 6.05. The van der Waals surface area contributed by atoms with E-state index in [4.69, 9.17) is 0 Å². The first kappa shape index (κ1) is 20.9. The summed E-state index contributed by atoms with van der Waals surface area (Å²) in [4.78, 5) is 10.1. The number of nitrogens with zero attached hydrogens (tertiary/aromatic N) is 2. The van der Waals surface area contributed by atoms with Crippen molar-refractivity contribution < 1.29 is 0 Å². The van der Waals surface area contributed by atoms with Gasteiger partial charge in [-0.1, -0.05) is 37.3 Å². The molecule has 6 heteroatoms. The molecule has 132 valence electrons. The van der Waals surface area contributed by atoms with Crippen LogP contribution in [-0.4, -0.2) is 24.5 Å². The smallest absolute Gasteiger partial charge is 0.191 e. The molecule has 4 nitrogen and oxygen atoms in total. The lowest BCUT2D eigenvalue weighted by molar-refractivity contribution is 0.629. The van der Waals surface area contributed by atoms with Crippen LogP contribution in [0.1, 0.15) is 40.4 Å². The highest BCUT2D eigenvalue weighted by atomic mass is 127. The van der Waals surface area contributed by atoms with Crippen molar-refractivity contribution in [3.05, 3.63) is 51.5 Å². The standard InChI is InChI=1S/C18H26N4S.HI/c1-5-15(16-9-7-6-8-10-16)11-20-18(19-4)21-12-17-22-13(2)14(3)23-17;/h6-10,15H,5,11-12H2,1-4H3,(H2,19,20,21);1H. The zero-order valence-corrected chi connectivity index (χ0v) is 17.9. The van der Waals surface area contributed by atoms with Crippen LogP contribution in [0.3, 0.4) is 0 Å². The molecule has 0 saturated heterocycles. The number of guanidine groups is 1. The molecule has 0 fully saturated rings. The van der Waals surface area contributed by atoms with Crippen LogP contribution >= 0.6 is 35.3 Å². The normalized spacial score (nSPS) is 12.4. The summed E-state index contributed by atoms with van der Waals surface area (Å²) >= 11 is 1.74. The number of aliphatic imine (C=N–C) groups is 1. The zero-order valence-electron chi connectivity index (χ0n) is 14.8. The van der Waals surface area contributed by atoms with Crippen molar-refractivity contribution in [2.75, 3.05) is 13.6 Å². The summed E-state index contributed by atoms with van der Waals surface area (Å²) in [5.74, 6) is 1.31. The first-order valence-electron chi connectivity index (χ1n) is 8.06. The SMILES string of the molecule is CCC(CNC(=NC)NCc1nc(C)c(C)s1)c1ccccc1.I. The molecule has 0 spiro atoms. The first-order chi connectivity index (χ1) is 11.1. The van der Waals surface area contributed by atoms with Gasteiger partial charge in [0.15, 0.2) is 5.96 Å². The van der Waals surface area contributed by atoms with Gasteiger partial charge in [0.05, 0.1) is 12.2 Å². The minimum atomic E-state index is 0. The summed E-state index contributed by atoms with van der Waals surface area (Å²) in [6.07, 6.45) is 1.10. The maximum absolute atomic E-state index is 4.55. The van der Waals surface area contributed by atoms with Crippen molar-refractivity contribution in [1.82, 2.24) is 15.6 Å². The summed E-state index contributed by atoms with van der Waals surface area (Å²) < 4.78 is 0. The molecule has 2 aromatic rings. The van der Waals surface area contributed by atoms with Crippen molar-refractivity contribution in [3.63, 3.8) is 0 Å².